The van der Waals surface area contributed by atoms with E-state index in [-0.39, 0.29) is 24.1 Å². The molecule has 0 heterocycles. The maximum Gasteiger partial charge on any atom is 0.313 e. The smallest absolute Gasteiger partial charge is 0.313 e. The van der Waals surface area contributed by atoms with Gasteiger partial charge in [-0.3, -0.25) is 14.4 Å². The number of benzene rings is 2. The van der Waals surface area contributed by atoms with Crippen LogP contribution in [0.4, 0.5) is 0 Å². The van der Waals surface area contributed by atoms with Crippen LogP contribution >= 0.6 is 11.8 Å². The zero-order valence-corrected chi connectivity index (χ0v) is 17.0. The van der Waals surface area contributed by atoms with Gasteiger partial charge in [-0.25, -0.2) is 0 Å². The second-order valence-corrected chi connectivity index (χ2v) is 7.76. The number of primary amides is 1. The first-order valence-electron chi connectivity index (χ1n) is 9.20. The number of esters is 1. The Morgan fingerprint density at radius 1 is 1.00 bits per heavy atom. The highest BCUT2D eigenvalue weighted by molar-refractivity contribution is 7.98. The van der Waals surface area contributed by atoms with Crippen molar-refractivity contribution >= 4 is 29.4 Å². The Morgan fingerprint density at radius 2 is 1.68 bits per heavy atom. The number of nitrogens with two attached hydrogens (primary N) is 1. The second kappa shape index (κ2) is 10.7. The van der Waals surface area contributed by atoms with E-state index < -0.39 is 5.91 Å². The van der Waals surface area contributed by atoms with E-state index in [4.69, 9.17) is 10.5 Å². The van der Waals surface area contributed by atoms with Gasteiger partial charge in [-0.05, 0) is 30.2 Å². The minimum absolute atomic E-state index is 0.0142. The van der Waals surface area contributed by atoms with Crippen LogP contribution in [-0.4, -0.2) is 17.7 Å². The Balaban J connectivity index is 1.96. The van der Waals surface area contributed by atoms with Gasteiger partial charge >= 0.3 is 5.97 Å². The van der Waals surface area contributed by atoms with E-state index in [0.717, 1.165) is 10.5 Å². The van der Waals surface area contributed by atoms with Crippen LogP contribution in [0.1, 0.15) is 49.0 Å². The summed E-state index contributed by atoms with van der Waals surface area (Å²) in [7, 11) is 0. The zero-order valence-electron chi connectivity index (χ0n) is 16.1. The van der Waals surface area contributed by atoms with Gasteiger partial charge in [-0.15, -0.1) is 11.8 Å². The molecule has 0 aliphatic heterocycles. The number of hydrogen-bond donors (Lipinski definition) is 1. The van der Waals surface area contributed by atoms with E-state index in [1.807, 2.05) is 36.4 Å². The molecule has 0 saturated heterocycles. The number of amides is 1. The van der Waals surface area contributed by atoms with Crippen molar-refractivity contribution in [1.82, 2.24) is 0 Å². The second-order valence-electron chi connectivity index (χ2n) is 6.75. The molecule has 0 fully saturated rings. The number of ketones is 1. The number of carbonyl (C=O) groups excluding carboxylic acids is 3. The van der Waals surface area contributed by atoms with Crippen molar-refractivity contribution in [2.24, 2.45) is 11.7 Å². The maximum absolute atomic E-state index is 12.4. The highest BCUT2D eigenvalue weighted by atomic mass is 32.2. The molecule has 28 heavy (non-hydrogen) atoms. The molecule has 0 aliphatic rings. The molecule has 2 aromatic carbocycles. The van der Waals surface area contributed by atoms with Gasteiger partial charge < -0.3 is 10.5 Å². The maximum atomic E-state index is 12.4. The van der Waals surface area contributed by atoms with Gasteiger partial charge in [0.15, 0.2) is 5.78 Å². The normalized spacial score (nSPS) is 10.7. The van der Waals surface area contributed by atoms with Crippen molar-refractivity contribution in [2.75, 3.05) is 0 Å². The van der Waals surface area contributed by atoms with Crippen molar-refractivity contribution in [3.63, 3.8) is 0 Å². The lowest BCUT2D eigenvalue weighted by Gasteiger charge is -2.09. The predicted octanol–water partition coefficient (Wildman–Crippen LogP) is 4.38. The molecule has 6 heteroatoms. The van der Waals surface area contributed by atoms with Gasteiger partial charge in [0, 0.05) is 29.1 Å². The topological polar surface area (TPSA) is 86.5 Å². The van der Waals surface area contributed by atoms with Crippen LogP contribution in [0.3, 0.4) is 0 Å². The average Bonchev–Trinajstić information content (AvgIpc) is 2.67. The summed E-state index contributed by atoms with van der Waals surface area (Å²) >= 11 is 1.57. The molecule has 0 spiro atoms. The lowest BCUT2D eigenvalue weighted by atomic mass is 10.1. The monoisotopic (exact) mass is 399 g/mol. The average molecular weight is 400 g/mol. The van der Waals surface area contributed by atoms with Crippen molar-refractivity contribution in [1.29, 1.82) is 0 Å². The Kier molecular flexibility index (Phi) is 8.26. The van der Waals surface area contributed by atoms with Gasteiger partial charge in [-0.2, -0.15) is 0 Å². The minimum atomic E-state index is -0.391. The lowest BCUT2D eigenvalue weighted by Crippen LogP contribution is -2.14. The predicted molar refractivity (Wildman–Crippen MR) is 110 cm³/mol. The molecule has 0 radical (unpaired) electrons. The molecule has 0 aliphatic carbocycles. The van der Waals surface area contributed by atoms with Crippen LogP contribution in [0.25, 0.3) is 0 Å². The first kappa shape index (κ1) is 21.7. The Bertz CT molecular complexity index is 831. The van der Waals surface area contributed by atoms with Gasteiger partial charge in [0.25, 0.3) is 0 Å². The number of rotatable bonds is 10. The largest absolute Gasteiger partial charge is 0.426 e. The van der Waals surface area contributed by atoms with E-state index in [1.165, 1.54) is 0 Å². The van der Waals surface area contributed by atoms with Crippen LogP contribution in [0.2, 0.25) is 0 Å². The lowest BCUT2D eigenvalue weighted by molar-refractivity contribution is -0.137. The number of hydrogen-bond acceptors (Lipinski definition) is 5. The first-order valence-corrected chi connectivity index (χ1v) is 10.2. The Hall–Kier alpha value is -2.60. The SMILES string of the molecule is CC(C)C(=O)Oc1ccc(CSc2ccccc2C(=O)CCCC(N)=O)cc1. The molecule has 2 aromatic rings. The van der Waals surface area contributed by atoms with Crippen LogP contribution in [0.15, 0.2) is 53.4 Å². The Labute approximate surface area is 169 Å². The molecular weight excluding hydrogens is 374 g/mol. The molecule has 0 aromatic heterocycles. The van der Waals surface area contributed by atoms with Crippen molar-refractivity contribution in [2.45, 2.75) is 43.8 Å². The number of carbonyl (C=O) groups is 3. The third kappa shape index (κ3) is 6.85. The zero-order chi connectivity index (χ0) is 20.5. The summed E-state index contributed by atoms with van der Waals surface area (Å²) in [5, 5.41) is 0. The molecule has 1 amide bonds. The van der Waals surface area contributed by atoms with E-state index in [2.05, 4.69) is 0 Å². The van der Waals surface area contributed by atoms with Crippen LogP contribution < -0.4 is 10.5 Å². The van der Waals surface area contributed by atoms with Gasteiger partial charge in [0.2, 0.25) is 5.91 Å². The molecule has 0 saturated carbocycles. The van der Waals surface area contributed by atoms with E-state index >= 15 is 0 Å². The molecule has 0 atom stereocenters. The molecule has 5 nitrogen and oxygen atoms in total. The van der Waals surface area contributed by atoms with Crippen LogP contribution in [0, 0.1) is 5.92 Å². The van der Waals surface area contributed by atoms with Crippen molar-refractivity contribution < 1.29 is 19.1 Å². The number of ether oxygens (including phenoxy) is 1. The Morgan fingerprint density at radius 3 is 2.32 bits per heavy atom. The summed E-state index contributed by atoms with van der Waals surface area (Å²) in [5.41, 5.74) is 6.86. The summed E-state index contributed by atoms with van der Waals surface area (Å²) < 4.78 is 5.28. The summed E-state index contributed by atoms with van der Waals surface area (Å²) in [6.07, 6.45) is 0.981. The van der Waals surface area contributed by atoms with E-state index in [9.17, 15) is 14.4 Å². The molecule has 0 bridgehead atoms. The number of Topliss-reactive ketones (excluding diaryl/α,β-unsaturated/α-hetero) is 1. The highest BCUT2D eigenvalue weighted by Gasteiger charge is 2.12. The molecule has 2 rings (SSSR count). The summed E-state index contributed by atoms with van der Waals surface area (Å²) in [6.45, 7) is 3.58. The van der Waals surface area contributed by atoms with Crippen molar-refractivity contribution in [3.8, 4) is 5.75 Å². The molecule has 148 valence electrons. The third-order valence-electron chi connectivity index (χ3n) is 4.02. The molecule has 0 unspecified atom stereocenters. The van der Waals surface area contributed by atoms with E-state index in [1.54, 1.807) is 37.7 Å². The van der Waals surface area contributed by atoms with E-state index in [0.29, 0.717) is 29.9 Å². The van der Waals surface area contributed by atoms with Crippen LogP contribution in [-0.2, 0) is 15.3 Å². The highest BCUT2D eigenvalue weighted by Crippen LogP contribution is 2.28. The van der Waals surface area contributed by atoms with Gasteiger partial charge in [0.05, 0.1) is 5.92 Å². The fourth-order valence-electron chi connectivity index (χ4n) is 2.43. The van der Waals surface area contributed by atoms with Crippen molar-refractivity contribution in [3.05, 3.63) is 59.7 Å². The summed E-state index contributed by atoms with van der Waals surface area (Å²) in [4.78, 5) is 35.8. The third-order valence-corrected chi connectivity index (χ3v) is 5.17. The number of thioether (sulfide) groups is 1. The first-order chi connectivity index (χ1) is 13.4. The summed E-state index contributed by atoms with van der Waals surface area (Å²) in [6, 6.07) is 14.8. The fraction of sp³-hybridized carbons (Fsp3) is 0.318. The standard InChI is InChI=1S/C22H25NO4S/c1-15(2)22(26)27-17-12-10-16(11-13-17)14-28-20-8-4-3-6-18(20)19(24)7-5-9-21(23)25/h3-4,6,8,10-13,15H,5,7,9,14H2,1-2H3,(H2,23,25). The quantitative estimate of drug-likeness (QED) is 0.277. The molecule has 2 N–H and O–H groups in total. The van der Waals surface area contributed by atoms with Gasteiger partial charge in [0.1, 0.15) is 5.75 Å². The molecular formula is C22H25NO4S. The van der Waals surface area contributed by atoms with Crippen LogP contribution in [0.5, 0.6) is 5.75 Å². The fourth-order valence-corrected chi connectivity index (χ4v) is 3.46. The summed E-state index contributed by atoms with van der Waals surface area (Å²) in [5.74, 6) is 0.401. The minimum Gasteiger partial charge on any atom is -0.426 e. The van der Waals surface area contributed by atoms with Gasteiger partial charge in [-0.1, -0.05) is 44.2 Å².